The largest absolute Gasteiger partial charge is 0.329 e. The molecular formula is C18H26N2O2S. The predicted molar refractivity (Wildman–Crippen MR) is 91.7 cm³/mol. The van der Waals surface area contributed by atoms with Crippen LogP contribution in [0.4, 0.5) is 4.79 Å². The first-order chi connectivity index (χ1) is 11.1. The third-order valence-electron chi connectivity index (χ3n) is 6.51. The number of nitrogens with zero attached hydrogens (tertiary/aromatic N) is 1. The van der Waals surface area contributed by atoms with E-state index in [1.54, 1.807) is 0 Å². The van der Waals surface area contributed by atoms with E-state index in [9.17, 15) is 9.59 Å². The zero-order chi connectivity index (χ0) is 16.2. The lowest BCUT2D eigenvalue weighted by Crippen LogP contribution is -2.47. The quantitative estimate of drug-likeness (QED) is 0.799. The minimum absolute atomic E-state index is 0.0851. The van der Waals surface area contributed by atoms with Crippen molar-refractivity contribution in [3.63, 3.8) is 0 Å². The van der Waals surface area contributed by atoms with E-state index < -0.39 is 0 Å². The van der Waals surface area contributed by atoms with E-state index in [2.05, 4.69) is 6.92 Å². The Balaban J connectivity index is 1.71. The van der Waals surface area contributed by atoms with Crippen molar-refractivity contribution in [1.82, 2.24) is 4.90 Å². The molecule has 5 fully saturated rings. The van der Waals surface area contributed by atoms with Gasteiger partial charge in [-0.05, 0) is 85.4 Å². The van der Waals surface area contributed by atoms with Crippen molar-refractivity contribution in [2.75, 3.05) is 13.1 Å². The molecule has 1 aliphatic heterocycles. The van der Waals surface area contributed by atoms with Gasteiger partial charge in [0.1, 0.15) is 0 Å². The Bertz CT molecular complexity index is 548. The Hall–Kier alpha value is -0.810. The summed E-state index contributed by atoms with van der Waals surface area (Å²) in [6.07, 6.45) is 8.80. The summed E-state index contributed by atoms with van der Waals surface area (Å²) in [5, 5.41) is -0.133. The molecule has 0 aromatic carbocycles. The summed E-state index contributed by atoms with van der Waals surface area (Å²) in [5.74, 6) is 2.46. The first kappa shape index (κ1) is 15.7. The van der Waals surface area contributed by atoms with Crippen LogP contribution < -0.4 is 5.73 Å². The van der Waals surface area contributed by atoms with Gasteiger partial charge >= 0.3 is 0 Å². The fourth-order valence-electron chi connectivity index (χ4n) is 6.16. The Morgan fingerprint density at radius 3 is 2.22 bits per heavy atom. The molecule has 5 heteroatoms. The maximum Gasteiger partial charge on any atom is 0.293 e. The molecule has 5 rings (SSSR count). The molecule has 0 aromatic rings. The number of amides is 2. The van der Waals surface area contributed by atoms with Crippen LogP contribution in [-0.4, -0.2) is 29.1 Å². The van der Waals surface area contributed by atoms with E-state index in [1.807, 2.05) is 0 Å². The number of nitrogens with two attached hydrogens (primary N) is 1. The van der Waals surface area contributed by atoms with E-state index in [4.69, 9.17) is 5.73 Å². The van der Waals surface area contributed by atoms with Crippen molar-refractivity contribution < 1.29 is 9.59 Å². The van der Waals surface area contributed by atoms with E-state index in [1.165, 1.54) is 49.0 Å². The van der Waals surface area contributed by atoms with Crippen molar-refractivity contribution in [3.05, 3.63) is 10.5 Å². The molecule has 4 aliphatic carbocycles. The second kappa shape index (κ2) is 5.62. The molecule has 4 bridgehead atoms. The lowest BCUT2D eigenvalue weighted by atomic mass is 9.47. The minimum Gasteiger partial charge on any atom is -0.329 e. The molecule has 0 radical (unpaired) electrons. The van der Waals surface area contributed by atoms with E-state index in [-0.39, 0.29) is 16.6 Å². The molecule has 2 N–H and O–H groups in total. The molecule has 2 amide bonds. The molecule has 23 heavy (non-hydrogen) atoms. The Kier molecular flexibility index (Phi) is 3.84. The van der Waals surface area contributed by atoms with Gasteiger partial charge in [-0.25, -0.2) is 0 Å². The van der Waals surface area contributed by atoms with Gasteiger partial charge in [-0.15, -0.1) is 0 Å². The predicted octanol–water partition coefficient (Wildman–Crippen LogP) is 3.52. The summed E-state index contributed by atoms with van der Waals surface area (Å²) < 4.78 is 0. The van der Waals surface area contributed by atoms with Gasteiger partial charge in [0.2, 0.25) is 0 Å². The zero-order valence-electron chi connectivity index (χ0n) is 13.8. The summed E-state index contributed by atoms with van der Waals surface area (Å²) in [6.45, 7) is 2.83. The van der Waals surface area contributed by atoms with Gasteiger partial charge in [0.25, 0.3) is 11.1 Å². The van der Waals surface area contributed by atoms with Crippen LogP contribution in [0.5, 0.6) is 0 Å². The molecule has 0 aromatic heterocycles. The first-order valence-corrected chi connectivity index (χ1v) is 9.85. The van der Waals surface area contributed by atoms with Crippen LogP contribution in [0.25, 0.3) is 0 Å². The first-order valence-electron chi connectivity index (χ1n) is 9.03. The third kappa shape index (κ3) is 2.39. The fraction of sp³-hybridized carbons (Fsp3) is 0.778. The van der Waals surface area contributed by atoms with Crippen molar-refractivity contribution in [2.45, 2.75) is 51.9 Å². The van der Waals surface area contributed by atoms with Crippen LogP contribution in [0, 0.1) is 23.2 Å². The molecule has 4 saturated carbocycles. The average Bonchev–Trinajstić information content (AvgIpc) is 2.75. The van der Waals surface area contributed by atoms with Crippen LogP contribution in [-0.2, 0) is 4.79 Å². The highest BCUT2D eigenvalue weighted by Gasteiger charge is 2.53. The molecule has 0 atom stereocenters. The average molecular weight is 334 g/mol. The monoisotopic (exact) mass is 334 g/mol. The molecule has 5 aliphatic rings. The molecule has 0 unspecified atom stereocenters. The van der Waals surface area contributed by atoms with Crippen LogP contribution >= 0.6 is 11.8 Å². The molecule has 1 heterocycles. The number of hydrogen-bond acceptors (Lipinski definition) is 4. The zero-order valence-corrected chi connectivity index (χ0v) is 14.7. The highest BCUT2D eigenvalue weighted by atomic mass is 32.2. The van der Waals surface area contributed by atoms with Gasteiger partial charge in [0, 0.05) is 13.1 Å². The number of hydrogen-bond donors (Lipinski definition) is 1. The number of thioether (sulfide) groups is 1. The van der Waals surface area contributed by atoms with Gasteiger partial charge in [-0.3, -0.25) is 14.5 Å². The maximum atomic E-state index is 12.8. The molecule has 0 spiro atoms. The fourth-order valence-corrected chi connectivity index (χ4v) is 7.30. The second-order valence-corrected chi connectivity index (χ2v) is 8.93. The Morgan fingerprint density at radius 1 is 1.17 bits per heavy atom. The lowest BCUT2D eigenvalue weighted by molar-refractivity contribution is -0.123. The Morgan fingerprint density at radius 2 is 1.74 bits per heavy atom. The van der Waals surface area contributed by atoms with Crippen molar-refractivity contribution in [1.29, 1.82) is 0 Å². The Labute approximate surface area is 142 Å². The summed E-state index contributed by atoms with van der Waals surface area (Å²) in [6, 6.07) is 0. The number of rotatable bonds is 4. The van der Waals surface area contributed by atoms with E-state index >= 15 is 0 Å². The summed E-state index contributed by atoms with van der Waals surface area (Å²) in [4.78, 5) is 27.1. The van der Waals surface area contributed by atoms with Crippen LogP contribution in [0.1, 0.15) is 51.9 Å². The van der Waals surface area contributed by atoms with E-state index in [0.717, 1.165) is 40.8 Å². The SMILES string of the molecule is CC/C(=C1\SC(=O)N(CCN)C1=O)C12CC3CC(CC(C3)C1)C2. The van der Waals surface area contributed by atoms with Gasteiger partial charge in [-0.1, -0.05) is 6.92 Å². The molecule has 4 nitrogen and oxygen atoms in total. The van der Waals surface area contributed by atoms with Crippen molar-refractivity contribution in [3.8, 4) is 0 Å². The van der Waals surface area contributed by atoms with Gasteiger partial charge in [0.05, 0.1) is 4.91 Å². The number of carbonyl (C=O) groups excluding carboxylic acids is 2. The standard InChI is InChI=1S/C18H26N2O2S/c1-2-14(15-16(21)20(4-3-19)17(22)23-15)18-8-11-5-12(9-18)7-13(6-11)10-18/h11-13H,2-10,19H2,1H3/b15-14+. The van der Waals surface area contributed by atoms with Crippen molar-refractivity contribution in [2.24, 2.45) is 28.9 Å². The van der Waals surface area contributed by atoms with Gasteiger partial charge in [0.15, 0.2) is 0 Å². The number of carbonyl (C=O) groups is 2. The maximum absolute atomic E-state index is 12.8. The van der Waals surface area contributed by atoms with Gasteiger partial charge in [-0.2, -0.15) is 0 Å². The molecular weight excluding hydrogens is 308 g/mol. The minimum atomic E-state index is -0.133. The number of imide groups is 1. The lowest BCUT2D eigenvalue weighted by Gasteiger charge is -2.58. The van der Waals surface area contributed by atoms with Crippen molar-refractivity contribution >= 4 is 22.9 Å². The van der Waals surface area contributed by atoms with Gasteiger partial charge < -0.3 is 5.73 Å². The highest BCUT2D eigenvalue weighted by molar-refractivity contribution is 8.18. The second-order valence-electron chi connectivity index (χ2n) is 7.97. The normalized spacial score (nSPS) is 41.1. The topological polar surface area (TPSA) is 63.4 Å². The molecule has 1 saturated heterocycles. The van der Waals surface area contributed by atoms with Crippen LogP contribution in [0.3, 0.4) is 0 Å². The number of allylic oxidation sites excluding steroid dienone is 1. The third-order valence-corrected chi connectivity index (χ3v) is 7.53. The summed E-state index contributed by atoms with van der Waals surface area (Å²) >= 11 is 1.16. The van der Waals surface area contributed by atoms with Crippen LogP contribution in [0.2, 0.25) is 0 Å². The van der Waals surface area contributed by atoms with Crippen LogP contribution in [0.15, 0.2) is 10.5 Å². The summed E-state index contributed by atoms with van der Waals surface area (Å²) in [7, 11) is 0. The van der Waals surface area contributed by atoms with E-state index in [0.29, 0.717) is 13.1 Å². The molecule has 126 valence electrons. The smallest absolute Gasteiger partial charge is 0.293 e. The highest BCUT2D eigenvalue weighted by Crippen LogP contribution is 2.64. The summed E-state index contributed by atoms with van der Waals surface area (Å²) in [5.41, 5.74) is 7.06.